The van der Waals surface area contributed by atoms with Crippen LogP contribution in [-0.2, 0) is 19.1 Å². The van der Waals surface area contributed by atoms with Crippen molar-refractivity contribution in [3.63, 3.8) is 0 Å². The molecule has 1 aromatic heterocycles. The molecule has 3 aromatic rings. The zero-order chi connectivity index (χ0) is 33.7. The standard InChI is InChI=1S/C35H37BrN4O7/c1-5-8-20(2)19-46-35(43)39-31(22-9-6-7-10-22)33(41)40-18-23(14-29(40)34(42)45-4)47-32-26-15-27(36)30(44-3)16-25(26)24-12-11-21(17-37)13-28(24)38-32/h5,11-13,15-16,22-23,29,31H,1-2,6-10,14,18-19H2,3-4H3,(H,39,43)/t23-,29+,31+/m1/s1. The summed E-state index contributed by atoms with van der Waals surface area (Å²) in [6, 6.07) is 9.27. The van der Waals surface area contributed by atoms with Gasteiger partial charge < -0.3 is 29.2 Å². The molecule has 2 fully saturated rings. The lowest BCUT2D eigenvalue weighted by molar-refractivity contribution is -0.152. The van der Waals surface area contributed by atoms with E-state index in [4.69, 9.17) is 23.9 Å². The van der Waals surface area contributed by atoms with Crippen LogP contribution in [0.15, 0.2) is 59.6 Å². The number of fused-ring (bicyclic) bond motifs is 3. The molecular formula is C35H37BrN4O7. The van der Waals surface area contributed by atoms with E-state index in [-0.39, 0.29) is 31.4 Å². The van der Waals surface area contributed by atoms with Gasteiger partial charge in [-0.15, -0.1) is 6.58 Å². The van der Waals surface area contributed by atoms with E-state index >= 15 is 0 Å². The molecule has 0 bridgehead atoms. The number of benzene rings is 2. The second-order valence-corrected chi connectivity index (χ2v) is 12.6. The summed E-state index contributed by atoms with van der Waals surface area (Å²) in [7, 11) is 2.85. The average Bonchev–Trinajstić information content (AvgIpc) is 3.76. The molecule has 1 saturated carbocycles. The fraction of sp³-hybridized carbons (Fsp3) is 0.400. The largest absolute Gasteiger partial charge is 0.496 e. The first kappa shape index (κ1) is 33.7. The number of pyridine rings is 1. The number of rotatable bonds is 11. The van der Waals surface area contributed by atoms with Crippen LogP contribution in [0.5, 0.6) is 11.6 Å². The summed E-state index contributed by atoms with van der Waals surface area (Å²) < 4.78 is 23.2. The topological polar surface area (TPSA) is 140 Å². The van der Waals surface area contributed by atoms with Gasteiger partial charge in [0.05, 0.1) is 42.4 Å². The summed E-state index contributed by atoms with van der Waals surface area (Å²) in [4.78, 5) is 46.3. The van der Waals surface area contributed by atoms with Gasteiger partial charge in [-0.1, -0.05) is 31.6 Å². The molecule has 0 unspecified atom stereocenters. The highest BCUT2D eigenvalue weighted by Crippen LogP contribution is 2.39. The van der Waals surface area contributed by atoms with Crippen molar-refractivity contribution in [2.75, 3.05) is 27.4 Å². The van der Waals surface area contributed by atoms with Gasteiger partial charge in [0.25, 0.3) is 0 Å². The van der Waals surface area contributed by atoms with Crippen LogP contribution in [0.2, 0.25) is 0 Å². The van der Waals surface area contributed by atoms with Gasteiger partial charge in [0.15, 0.2) is 0 Å². The molecule has 2 heterocycles. The molecule has 1 aliphatic heterocycles. The number of esters is 1. The number of carbonyl (C=O) groups excluding carboxylic acids is 3. The lowest BCUT2D eigenvalue weighted by Gasteiger charge is -2.30. The van der Waals surface area contributed by atoms with Crippen molar-refractivity contribution in [1.82, 2.24) is 15.2 Å². The summed E-state index contributed by atoms with van der Waals surface area (Å²) in [5.41, 5.74) is 1.66. The number of nitriles is 1. The lowest BCUT2D eigenvalue weighted by atomic mass is 9.96. The van der Waals surface area contributed by atoms with Crippen LogP contribution in [0.25, 0.3) is 21.7 Å². The van der Waals surface area contributed by atoms with Crippen molar-refractivity contribution >= 4 is 55.6 Å². The molecule has 1 aliphatic carbocycles. The number of nitrogens with one attached hydrogen (secondary N) is 1. The third-order valence-corrected chi connectivity index (χ3v) is 9.33. The van der Waals surface area contributed by atoms with Crippen LogP contribution >= 0.6 is 15.9 Å². The number of hydrogen-bond acceptors (Lipinski definition) is 9. The van der Waals surface area contributed by atoms with E-state index in [1.807, 2.05) is 18.2 Å². The number of hydrogen-bond donors (Lipinski definition) is 1. The second-order valence-electron chi connectivity index (χ2n) is 11.8. The number of nitrogens with zero attached hydrogens (tertiary/aromatic N) is 3. The first-order valence-electron chi connectivity index (χ1n) is 15.4. The van der Waals surface area contributed by atoms with Crippen molar-refractivity contribution in [2.24, 2.45) is 5.92 Å². The Bertz CT molecular complexity index is 1760. The fourth-order valence-corrected chi connectivity index (χ4v) is 6.89. The van der Waals surface area contributed by atoms with Gasteiger partial charge in [0.1, 0.15) is 30.5 Å². The number of alkyl carbamates (subject to hydrolysis) is 1. The molecule has 5 rings (SSSR count). The molecule has 3 atom stereocenters. The Balaban J connectivity index is 1.45. The number of halogens is 1. The first-order valence-corrected chi connectivity index (χ1v) is 16.2. The van der Waals surface area contributed by atoms with E-state index in [1.165, 1.54) is 12.0 Å². The Morgan fingerprint density at radius 2 is 1.94 bits per heavy atom. The number of amides is 2. The van der Waals surface area contributed by atoms with Crippen LogP contribution in [-0.4, -0.2) is 73.4 Å². The summed E-state index contributed by atoms with van der Waals surface area (Å²) in [5.74, 6) is -0.207. The highest BCUT2D eigenvalue weighted by Gasteiger charge is 2.46. The fourth-order valence-electron chi connectivity index (χ4n) is 6.38. The maximum Gasteiger partial charge on any atom is 0.408 e. The van der Waals surface area contributed by atoms with Crippen LogP contribution in [0.1, 0.15) is 44.1 Å². The van der Waals surface area contributed by atoms with Crippen LogP contribution < -0.4 is 14.8 Å². The summed E-state index contributed by atoms with van der Waals surface area (Å²) in [5, 5.41) is 14.6. The van der Waals surface area contributed by atoms with E-state index in [9.17, 15) is 19.6 Å². The number of likely N-dealkylation sites (tertiary alicyclic amines) is 1. The zero-order valence-electron chi connectivity index (χ0n) is 26.4. The van der Waals surface area contributed by atoms with Crippen LogP contribution in [0, 0.1) is 17.2 Å². The molecule has 11 nitrogen and oxygen atoms in total. The maximum atomic E-state index is 14.2. The van der Waals surface area contributed by atoms with Crippen LogP contribution in [0.4, 0.5) is 4.79 Å². The molecule has 1 saturated heterocycles. The van der Waals surface area contributed by atoms with Gasteiger partial charge in [-0.2, -0.15) is 5.26 Å². The molecule has 12 heteroatoms. The minimum atomic E-state index is -0.935. The van der Waals surface area contributed by atoms with Crippen molar-refractivity contribution in [3.05, 3.63) is 65.2 Å². The monoisotopic (exact) mass is 704 g/mol. The number of carbonyl (C=O) groups is 3. The Hall–Kier alpha value is -4.63. The van der Waals surface area contributed by atoms with Crippen molar-refractivity contribution in [2.45, 2.75) is 56.7 Å². The number of ether oxygens (including phenoxy) is 4. The minimum Gasteiger partial charge on any atom is -0.496 e. The molecule has 0 spiro atoms. The summed E-state index contributed by atoms with van der Waals surface area (Å²) in [6.45, 7) is 7.59. The Morgan fingerprint density at radius 3 is 2.62 bits per heavy atom. The highest BCUT2D eigenvalue weighted by molar-refractivity contribution is 9.10. The lowest BCUT2D eigenvalue weighted by Crippen LogP contribution is -2.54. The third-order valence-electron chi connectivity index (χ3n) is 8.71. The van der Waals surface area contributed by atoms with Gasteiger partial charge in [0.2, 0.25) is 11.8 Å². The predicted molar refractivity (Wildman–Crippen MR) is 179 cm³/mol. The molecule has 0 radical (unpaired) electrons. The highest BCUT2D eigenvalue weighted by atomic mass is 79.9. The predicted octanol–water partition coefficient (Wildman–Crippen LogP) is 5.97. The summed E-state index contributed by atoms with van der Waals surface area (Å²) >= 11 is 3.55. The molecule has 2 aromatic carbocycles. The van der Waals surface area contributed by atoms with Gasteiger partial charge in [-0.25, -0.2) is 14.6 Å². The summed E-state index contributed by atoms with van der Waals surface area (Å²) in [6.07, 6.45) is 4.34. The van der Waals surface area contributed by atoms with Crippen LogP contribution in [0.3, 0.4) is 0 Å². The Morgan fingerprint density at radius 1 is 1.17 bits per heavy atom. The molecule has 2 amide bonds. The molecule has 2 aliphatic rings. The molecular weight excluding hydrogens is 668 g/mol. The van der Waals surface area contributed by atoms with Gasteiger partial charge in [-0.3, -0.25) is 4.79 Å². The zero-order valence-corrected chi connectivity index (χ0v) is 28.0. The van der Waals surface area contributed by atoms with Crippen molar-refractivity contribution in [1.29, 1.82) is 5.26 Å². The number of methoxy groups -OCH3 is 2. The second kappa shape index (κ2) is 14.9. The Kier molecular flexibility index (Phi) is 10.7. The number of allylic oxidation sites excluding steroid dienone is 1. The van der Waals surface area contributed by atoms with Gasteiger partial charge in [0, 0.05) is 22.6 Å². The van der Waals surface area contributed by atoms with E-state index in [0.29, 0.717) is 38.7 Å². The number of aromatic nitrogens is 1. The maximum absolute atomic E-state index is 14.2. The van der Waals surface area contributed by atoms with Gasteiger partial charge in [-0.05, 0) is 70.9 Å². The minimum absolute atomic E-state index is 0.00158. The van der Waals surface area contributed by atoms with E-state index < -0.39 is 36.2 Å². The normalized spacial score (nSPS) is 18.4. The SMILES string of the molecule is C=CCC(=C)COC(=O)N[C@H](C(=O)N1C[C@H](Oc2nc3cc(C#N)ccc3c3cc(OC)c(Br)cc23)C[C@H]1C(=O)OC)C1CCCC1. The van der Waals surface area contributed by atoms with Crippen molar-refractivity contribution in [3.8, 4) is 17.7 Å². The van der Waals surface area contributed by atoms with E-state index in [0.717, 1.165) is 36.5 Å². The first-order chi connectivity index (χ1) is 22.7. The van der Waals surface area contributed by atoms with E-state index in [1.54, 1.807) is 25.3 Å². The van der Waals surface area contributed by atoms with Crippen molar-refractivity contribution < 1.29 is 33.3 Å². The quantitative estimate of drug-likeness (QED) is 0.145. The smallest absolute Gasteiger partial charge is 0.408 e. The molecule has 1 N–H and O–H groups in total. The molecule has 47 heavy (non-hydrogen) atoms. The van der Waals surface area contributed by atoms with Gasteiger partial charge >= 0.3 is 12.1 Å². The third kappa shape index (κ3) is 7.36. The average molecular weight is 706 g/mol. The molecule has 246 valence electrons. The Labute approximate surface area is 281 Å². The van der Waals surface area contributed by atoms with E-state index in [2.05, 4.69) is 40.5 Å².